The van der Waals surface area contributed by atoms with Gasteiger partial charge in [-0.05, 0) is 24.6 Å². The van der Waals surface area contributed by atoms with Gasteiger partial charge in [-0.15, -0.1) is 0 Å². The fourth-order valence-corrected chi connectivity index (χ4v) is 1.17. The molecule has 4 nitrogen and oxygen atoms in total. The fourth-order valence-electron chi connectivity index (χ4n) is 1.00. The summed E-state index contributed by atoms with van der Waals surface area (Å²) in [5.74, 6) is -1.79. The Kier molecular flexibility index (Phi) is 3.68. The van der Waals surface area contributed by atoms with Crippen LogP contribution in [0.25, 0.3) is 0 Å². The van der Waals surface area contributed by atoms with Gasteiger partial charge in [0.25, 0.3) is 0 Å². The largest absolute Gasteiger partial charge is 0.462 e. The normalized spacial score (nSPS) is 9.53. The molecule has 0 saturated heterocycles. The highest BCUT2D eigenvalue weighted by Crippen LogP contribution is 2.22. The van der Waals surface area contributed by atoms with E-state index >= 15 is 0 Å². The molecule has 0 unspecified atom stereocenters. The Morgan fingerprint density at radius 3 is 2.67 bits per heavy atom. The minimum Gasteiger partial charge on any atom is -0.462 e. The zero-order chi connectivity index (χ0) is 11.4. The first kappa shape index (κ1) is 11.5. The Hall–Kier alpha value is -1.55. The molecule has 1 N–H and O–H groups in total. The number of anilines is 1. The Bertz CT molecular complexity index is 404. The molecule has 5 heteroatoms. The third-order valence-corrected chi connectivity index (χ3v) is 2.07. The van der Waals surface area contributed by atoms with Gasteiger partial charge in [-0.2, -0.15) is 0 Å². The van der Waals surface area contributed by atoms with Crippen molar-refractivity contribution >= 4 is 29.2 Å². The molecule has 1 aromatic rings. The van der Waals surface area contributed by atoms with Crippen LogP contribution in [-0.2, 0) is 14.3 Å². The van der Waals surface area contributed by atoms with Gasteiger partial charge in [0.15, 0.2) is 0 Å². The van der Waals surface area contributed by atoms with Gasteiger partial charge in [0.1, 0.15) is 0 Å². The lowest BCUT2D eigenvalue weighted by Crippen LogP contribution is -2.23. The van der Waals surface area contributed by atoms with Crippen molar-refractivity contribution in [1.29, 1.82) is 0 Å². The maximum Gasteiger partial charge on any atom is 0.396 e. The van der Waals surface area contributed by atoms with Crippen molar-refractivity contribution in [3.05, 3.63) is 28.8 Å². The number of methoxy groups -OCH3 is 1. The molecule has 0 spiro atoms. The minimum absolute atomic E-state index is 0.373. The van der Waals surface area contributed by atoms with Crippen LogP contribution in [0.15, 0.2) is 18.2 Å². The molecule has 0 aliphatic carbocycles. The van der Waals surface area contributed by atoms with Gasteiger partial charge in [0.05, 0.1) is 17.8 Å². The highest BCUT2D eigenvalue weighted by Gasteiger charge is 2.14. The summed E-state index contributed by atoms with van der Waals surface area (Å²) in [4.78, 5) is 22.0. The summed E-state index contributed by atoms with van der Waals surface area (Å²) >= 11 is 5.82. The van der Waals surface area contributed by atoms with Crippen molar-refractivity contribution in [3.8, 4) is 0 Å². The number of esters is 1. The van der Waals surface area contributed by atoms with E-state index in [-0.39, 0.29) is 0 Å². The summed E-state index contributed by atoms with van der Waals surface area (Å²) in [5.41, 5.74) is 1.33. The molecule has 0 aromatic heterocycles. The zero-order valence-electron chi connectivity index (χ0n) is 8.33. The van der Waals surface area contributed by atoms with Gasteiger partial charge in [-0.25, -0.2) is 4.79 Å². The summed E-state index contributed by atoms with van der Waals surface area (Å²) in [5, 5.41) is 2.73. The number of hydrogen-bond acceptors (Lipinski definition) is 3. The van der Waals surface area contributed by atoms with Crippen LogP contribution in [0.5, 0.6) is 0 Å². The monoisotopic (exact) mass is 227 g/mol. The quantitative estimate of drug-likeness (QED) is 0.588. The highest BCUT2D eigenvalue weighted by molar-refractivity contribution is 6.39. The van der Waals surface area contributed by atoms with E-state index < -0.39 is 11.9 Å². The lowest BCUT2D eigenvalue weighted by Gasteiger charge is -2.06. The highest BCUT2D eigenvalue weighted by atomic mass is 35.5. The lowest BCUT2D eigenvalue weighted by atomic mass is 10.2. The van der Waals surface area contributed by atoms with Crippen molar-refractivity contribution in [1.82, 2.24) is 0 Å². The third-order valence-electron chi connectivity index (χ3n) is 1.74. The molecule has 0 saturated carbocycles. The Morgan fingerprint density at radius 2 is 2.07 bits per heavy atom. The molecule has 1 rings (SSSR count). The predicted molar refractivity (Wildman–Crippen MR) is 56.8 cm³/mol. The second kappa shape index (κ2) is 4.79. The average Bonchev–Trinajstić information content (AvgIpc) is 2.22. The SMILES string of the molecule is COC(=O)C(=O)Nc1cc(C)ccc1Cl. The van der Waals surface area contributed by atoms with Crippen molar-refractivity contribution in [3.63, 3.8) is 0 Å². The number of halogens is 1. The Labute approximate surface area is 92.2 Å². The fraction of sp³-hybridized carbons (Fsp3) is 0.200. The van der Waals surface area contributed by atoms with Crippen LogP contribution < -0.4 is 5.32 Å². The van der Waals surface area contributed by atoms with Crippen molar-refractivity contribution in [2.45, 2.75) is 6.92 Å². The van der Waals surface area contributed by atoms with E-state index in [0.717, 1.165) is 12.7 Å². The molecule has 0 radical (unpaired) electrons. The molecule has 0 fully saturated rings. The molecule has 1 amide bonds. The number of carbonyl (C=O) groups excluding carboxylic acids is 2. The number of benzene rings is 1. The molecule has 0 bridgehead atoms. The van der Waals surface area contributed by atoms with Crippen LogP contribution in [0.1, 0.15) is 5.56 Å². The van der Waals surface area contributed by atoms with Crippen molar-refractivity contribution in [2.24, 2.45) is 0 Å². The van der Waals surface area contributed by atoms with Gasteiger partial charge in [0, 0.05) is 0 Å². The first-order chi connectivity index (χ1) is 7.04. The average molecular weight is 228 g/mol. The first-order valence-electron chi connectivity index (χ1n) is 4.20. The molecular formula is C10H10ClNO3. The van der Waals surface area contributed by atoms with Crippen LogP contribution in [0.2, 0.25) is 5.02 Å². The molecule has 0 heterocycles. The van der Waals surface area contributed by atoms with Crippen LogP contribution in [0.4, 0.5) is 5.69 Å². The number of ether oxygens (including phenoxy) is 1. The van der Waals surface area contributed by atoms with Crippen LogP contribution in [-0.4, -0.2) is 19.0 Å². The summed E-state index contributed by atoms with van der Waals surface area (Å²) < 4.78 is 4.26. The number of amides is 1. The number of hydrogen-bond donors (Lipinski definition) is 1. The van der Waals surface area contributed by atoms with E-state index in [1.165, 1.54) is 0 Å². The first-order valence-corrected chi connectivity index (χ1v) is 4.58. The molecular weight excluding hydrogens is 218 g/mol. The third kappa shape index (κ3) is 2.95. The van der Waals surface area contributed by atoms with Gasteiger partial charge in [-0.3, -0.25) is 4.79 Å². The summed E-state index contributed by atoms with van der Waals surface area (Å²) in [6.45, 7) is 1.85. The topological polar surface area (TPSA) is 55.4 Å². The molecule has 15 heavy (non-hydrogen) atoms. The van der Waals surface area contributed by atoms with Gasteiger partial charge < -0.3 is 10.1 Å². The Morgan fingerprint density at radius 1 is 1.40 bits per heavy atom. The van der Waals surface area contributed by atoms with Crippen LogP contribution >= 0.6 is 11.6 Å². The number of nitrogens with one attached hydrogen (secondary N) is 1. The summed E-state index contributed by atoms with van der Waals surface area (Å²) in [6.07, 6.45) is 0. The van der Waals surface area contributed by atoms with E-state index in [0.29, 0.717) is 10.7 Å². The molecule has 0 aliphatic heterocycles. The smallest absolute Gasteiger partial charge is 0.396 e. The standard InChI is InChI=1S/C10H10ClNO3/c1-6-3-4-7(11)8(5-6)12-9(13)10(14)15-2/h3-5H,1-2H3,(H,12,13). The maximum absolute atomic E-state index is 11.2. The summed E-state index contributed by atoms with van der Waals surface area (Å²) in [6, 6.07) is 5.11. The van der Waals surface area contributed by atoms with Gasteiger partial charge in [-0.1, -0.05) is 17.7 Å². The van der Waals surface area contributed by atoms with E-state index in [4.69, 9.17) is 11.6 Å². The van der Waals surface area contributed by atoms with Crippen molar-refractivity contribution in [2.75, 3.05) is 12.4 Å². The van der Waals surface area contributed by atoms with E-state index in [2.05, 4.69) is 10.1 Å². The van der Waals surface area contributed by atoms with Crippen LogP contribution in [0.3, 0.4) is 0 Å². The number of aryl methyl sites for hydroxylation is 1. The summed E-state index contributed by atoms with van der Waals surface area (Å²) in [7, 11) is 1.14. The molecule has 1 aromatic carbocycles. The Balaban J connectivity index is 2.85. The number of carbonyl (C=O) groups is 2. The number of rotatable bonds is 1. The second-order valence-electron chi connectivity index (χ2n) is 2.93. The molecule has 80 valence electrons. The van der Waals surface area contributed by atoms with E-state index in [1.807, 2.05) is 6.92 Å². The van der Waals surface area contributed by atoms with E-state index in [9.17, 15) is 9.59 Å². The second-order valence-corrected chi connectivity index (χ2v) is 3.34. The van der Waals surface area contributed by atoms with E-state index in [1.54, 1.807) is 18.2 Å². The predicted octanol–water partition coefficient (Wildman–Crippen LogP) is 1.76. The zero-order valence-corrected chi connectivity index (χ0v) is 9.09. The van der Waals surface area contributed by atoms with Crippen molar-refractivity contribution < 1.29 is 14.3 Å². The molecule has 0 atom stereocenters. The van der Waals surface area contributed by atoms with Gasteiger partial charge >= 0.3 is 11.9 Å². The minimum atomic E-state index is -0.951. The van der Waals surface area contributed by atoms with Gasteiger partial charge in [0.2, 0.25) is 0 Å². The molecule has 0 aliphatic rings. The lowest BCUT2D eigenvalue weighted by molar-refractivity contribution is -0.150. The maximum atomic E-state index is 11.2. The van der Waals surface area contributed by atoms with Crippen LogP contribution in [0, 0.1) is 6.92 Å².